The first kappa shape index (κ1) is 23.8. The summed E-state index contributed by atoms with van der Waals surface area (Å²) in [7, 11) is 0. The Kier molecular flexibility index (Phi) is 6.75. The van der Waals surface area contributed by atoms with E-state index in [0.717, 1.165) is 47.8 Å². The first-order valence-corrected chi connectivity index (χ1v) is 14.2. The molecular formula is C30H52O. The summed E-state index contributed by atoms with van der Waals surface area (Å²) in [5.41, 5.74) is 1.02. The van der Waals surface area contributed by atoms with Crippen LogP contribution in [0.15, 0.2) is 0 Å². The number of ketones is 1. The van der Waals surface area contributed by atoms with E-state index in [2.05, 4.69) is 48.5 Å². The third kappa shape index (κ3) is 3.86. The molecule has 4 aliphatic rings. The van der Waals surface area contributed by atoms with E-state index in [4.69, 9.17) is 0 Å². The third-order valence-corrected chi connectivity index (χ3v) is 12.2. The second-order valence-corrected chi connectivity index (χ2v) is 13.5. The van der Waals surface area contributed by atoms with Gasteiger partial charge in [0.15, 0.2) is 0 Å². The molecule has 0 amide bonds. The lowest BCUT2D eigenvalue weighted by Crippen LogP contribution is -2.55. The van der Waals surface area contributed by atoms with Gasteiger partial charge in [0.2, 0.25) is 0 Å². The molecule has 0 aliphatic heterocycles. The first-order valence-electron chi connectivity index (χ1n) is 14.2. The molecule has 0 bridgehead atoms. The molecule has 10 atom stereocenters. The molecule has 4 fully saturated rings. The van der Waals surface area contributed by atoms with Gasteiger partial charge in [-0.1, -0.05) is 61.3 Å². The van der Waals surface area contributed by atoms with Crippen LogP contribution in [0.1, 0.15) is 119 Å². The van der Waals surface area contributed by atoms with Crippen molar-refractivity contribution in [2.45, 2.75) is 119 Å². The molecule has 4 rings (SSSR count). The van der Waals surface area contributed by atoms with Crippen LogP contribution in [0.5, 0.6) is 0 Å². The van der Waals surface area contributed by atoms with Crippen LogP contribution >= 0.6 is 0 Å². The zero-order valence-electron chi connectivity index (χ0n) is 21.9. The first-order chi connectivity index (χ1) is 14.6. The van der Waals surface area contributed by atoms with Gasteiger partial charge in [0.1, 0.15) is 5.78 Å². The predicted octanol–water partition coefficient (Wildman–Crippen LogP) is 8.56. The van der Waals surface area contributed by atoms with Gasteiger partial charge in [0.25, 0.3) is 0 Å². The number of carbonyl (C=O) groups excluding carboxylic acids is 1. The van der Waals surface area contributed by atoms with E-state index in [9.17, 15) is 4.79 Å². The minimum Gasteiger partial charge on any atom is -0.299 e. The maximum Gasteiger partial charge on any atom is 0.136 e. The van der Waals surface area contributed by atoms with Crippen LogP contribution in [0, 0.1) is 64.1 Å². The number of carbonyl (C=O) groups is 1. The van der Waals surface area contributed by atoms with Crippen molar-refractivity contribution >= 4 is 5.78 Å². The molecule has 1 heteroatoms. The second-order valence-electron chi connectivity index (χ2n) is 13.5. The van der Waals surface area contributed by atoms with Crippen molar-refractivity contribution in [3.05, 3.63) is 0 Å². The zero-order chi connectivity index (χ0) is 22.6. The fraction of sp³-hybridized carbons (Fsp3) is 0.967. The molecule has 0 aromatic carbocycles. The summed E-state index contributed by atoms with van der Waals surface area (Å²) >= 11 is 0. The highest BCUT2D eigenvalue weighted by Gasteiger charge is 2.61. The molecule has 0 heterocycles. The maximum atomic E-state index is 12.5. The number of hydrogen-bond acceptors (Lipinski definition) is 1. The number of Topliss-reactive ketones (excluding diaryl/α,β-unsaturated/α-hetero) is 1. The highest BCUT2D eigenvalue weighted by Crippen LogP contribution is 2.68. The van der Waals surface area contributed by atoms with Gasteiger partial charge in [-0.15, -0.1) is 0 Å². The molecule has 31 heavy (non-hydrogen) atoms. The summed E-state index contributed by atoms with van der Waals surface area (Å²) < 4.78 is 0. The van der Waals surface area contributed by atoms with Crippen LogP contribution in [-0.4, -0.2) is 5.78 Å². The Morgan fingerprint density at radius 2 is 1.55 bits per heavy atom. The summed E-state index contributed by atoms with van der Waals surface area (Å²) in [6.07, 6.45) is 14.9. The van der Waals surface area contributed by atoms with E-state index in [1.165, 1.54) is 64.2 Å². The number of fused-ring (bicyclic) bond motifs is 5. The second kappa shape index (κ2) is 8.79. The summed E-state index contributed by atoms with van der Waals surface area (Å²) in [6.45, 7) is 17.4. The van der Waals surface area contributed by atoms with Crippen LogP contribution in [0.3, 0.4) is 0 Å². The molecule has 0 saturated heterocycles. The fourth-order valence-electron chi connectivity index (χ4n) is 10.2. The van der Waals surface area contributed by atoms with Crippen LogP contribution in [-0.2, 0) is 4.79 Å². The standard InChI is InChI=1S/C30H52O/c1-8-22(19(2)3)10-9-20(4)24-13-14-26-23-11-12-25-21(5)28(31)16-18-30(25,7)27(23)15-17-29(24,26)6/h19-27H,8-18H2,1-7H3/t20-,21+,22-,23+,24-,25+,26+,27+,29-,30+/m1/s1. The van der Waals surface area contributed by atoms with E-state index in [1.54, 1.807) is 0 Å². The molecule has 0 unspecified atom stereocenters. The van der Waals surface area contributed by atoms with Gasteiger partial charge in [-0.3, -0.25) is 4.79 Å². The molecule has 0 aromatic rings. The van der Waals surface area contributed by atoms with Crippen molar-refractivity contribution in [3.8, 4) is 0 Å². The fourth-order valence-corrected chi connectivity index (χ4v) is 10.2. The normalized spacial score (nSPS) is 46.9. The molecule has 0 spiro atoms. The van der Waals surface area contributed by atoms with Crippen LogP contribution in [0.2, 0.25) is 0 Å². The van der Waals surface area contributed by atoms with E-state index < -0.39 is 0 Å². The van der Waals surface area contributed by atoms with Crippen LogP contribution in [0.25, 0.3) is 0 Å². The summed E-state index contributed by atoms with van der Waals surface area (Å²) in [5.74, 6) is 7.90. The minimum atomic E-state index is 0.317. The maximum absolute atomic E-state index is 12.5. The Morgan fingerprint density at radius 1 is 0.871 bits per heavy atom. The monoisotopic (exact) mass is 428 g/mol. The van der Waals surface area contributed by atoms with Gasteiger partial charge >= 0.3 is 0 Å². The Labute approximate surface area is 193 Å². The Balaban J connectivity index is 1.47. The van der Waals surface area contributed by atoms with Gasteiger partial charge in [0.05, 0.1) is 0 Å². The van der Waals surface area contributed by atoms with Crippen molar-refractivity contribution in [2.24, 2.45) is 64.1 Å². The van der Waals surface area contributed by atoms with Crippen LogP contribution in [0.4, 0.5) is 0 Å². The van der Waals surface area contributed by atoms with Gasteiger partial charge in [-0.25, -0.2) is 0 Å². The molecule has 4 saturated carbocycles. The third-order valence-electron chi connectivity index (χ3n) is 12.2. The molecule has 0 radical (unpaired) electrons. The smallest absolute Gasteiger partial charge is 0.136 e. The summed E-state index contributed by atoms with van der Waals surface area (Å²) in [4.78, 5) is 12.5. The lowest BCUT2D eigenvalue weighted by Gasteiger charge is -2.61. The summed E-state index contributed by atoms with van der Waals surface area (Å²) in [6, 6.07) is 0. The Morgan fingerprint density at radius 3 is 2.23 bits per heavy atom. The predicted molar refractivity (Wildman–Crippen MR) is 132 cm³/mol. The molecule has 0 aromatic heterocycles. The van der Waals surface area contributed by atoms with E-state index in [0.29, 0.717) is 28.4 Å². The average Bonchev–Trinajstić information content (AvgIpc) is 3.08. The average molecular weight is 429 g/mol. The van der Waals surface area contributed by atoms with Crippen LogP contribution < -0.4 is 0 Å². The largest absolute Gasteiger partial charge is 0.299 e. The topological polar surface area (TPSA) is 17.1 Å². The molecular weight excluding hydrogens is 376 g/mol. The summed E-state index contributed by atoms with van der Waals surface area (Å²) in [5, 5.41) is 0. The number of hydrogen-bond donors (Lipinski definition) is 0. The van der Waals surface area contributed by atoms with E-state index in [1.807, 2.05) is 0 Å². The van der Waals surface area contributed by atoms with Crippen molar-refractivity contribution in [2.75, 3.05) is 0 Å². The van der Waals surface area contributed by atoms with Gasteiger partial charge < -0.3 is 0 Å². The van der Waals surface area contributed by atoms with Crippen molar-refractivity contribution in [1.29, 1.82) is 0 Å². The molecule has 0 N–H and O–H groups in total. The lowest BCUT2D eigenvalue weighted by molar-refractivity contribution is -0.150. The molecule has 4 aliphatic carbocycles. The zero-order valence-corrected chi connectivity index (χ0v) is 21.9. The highest BCUT2D eigenvalue weighted by molar-refractivity contribution is 5.82. The highest BCUT2D eigenvalue weighted by atomic mass is 16.1. The Bertz CT molecular complexity index is 651. The van der Waals surface area contributed by atoms with E-state index in [-0.39, 0.29) is 0 Å². The van der Waals surface area contributed by atoms with Gasteiger partial charge in [0, 0.05) is 12.3 Å². The minimum absolute atomic E-state index is 0.317. The van der Waals surface area contributed by atoms with Gasteiger partial charge in [-0.05, 0) is 110 Å². The van der Waals surface area contributed by atoms with Crippen molar-refractivity contribution in [3.63, 3.8) is 0 Å². The SMILES string of the molecule is CC[C@H](CC[C@@H](C)[C@H]1CC[C@H]2[C@@H]3CC[C@H]4[C@H](C)C(=O)CC[C@]4(C)[C@H]3CC[C@]12C)C(C)C. The van der Waals surface area contributed by atoms with Crippen molar-refractivity contribution < 1.29 is 4.79 Å². The lowest BCUT2D eigenvalue weighted by atomic mass is 9.43. The number of rotatable bonds is 6. The Hall–Kier alpha value is -0.330. The molecule has 1 nitrogen and oxygen atoms in total. The van der Waals surface area contributed by atoms with Crippen molar-refractivity contribution in [1.82, 2.24) is 0 Å². The van der Waals surface area contributed by atoms with E-state index >= 15 is 0 Å². The molecule has 178 valence electrons. The quantitative estimate of drug-likeness (QED) is 0.414. The van der Waals surface area contributed by atoms with Gasteiger partial charge in [-0.2, -0.15) is 0 Å².